The Morgan fingerprint density at radius 1 is 1.44 bits per heavy atom. The first-order valence-corrected chi connectivity index (χ1v) is 6.74. The van der Waals surface area contributed by atoms with Crippen molar-refractivity contribution in [1.29, 1.82) is 0 Å². The fourth-order valence-corrected chi connectivity index (χ4v) is 2.30. The lowest BCUT2D eigenvalue weighted by molar-refractivity contribution is -0.139. The third-order valence-corrected chi connectivity index (χ3v) is 3.63. The fraction of sp³-hybridized carbons (Fsp3) is 0.846. The fourth-order valence-electron chi connectivity index (χ4n) is 2.30. The molecule has 0 aromatic carbocycles. The van der Waals surface area contributed by atoms with Crippen molar-refractivity contribution in [2.75, 3.05) is 13.1 Å². The highest BCUT2D eigenvalue weighted by Crippen LogP contribution is 2.23. The molecule has 2 atom stereocenters. The summed E-state index contributed by atoms with van der Waals surface area (Å²) in [7, 11) is 0. The van der Waals surface area contributed by atoms with E-state index in [1.165, 1.54) is 0 Å². The maximum absolute atomic E-state index is 12.0. The summed E-state index contributed by atoms with van der Waals surface area (Å²) < 4.78 is 0. The lowest BCUT2D eigenvalue weighted by Gasteiger charge is -2.21. The Morgan fingerprint density at radius 2 is 2.11 bits per heavy atom. The van der Waals surface area contributed by atoms with Crippen LogP contribution in [0.1, 0.15) is 40.0 Å². The third kappa shape index (κ3) is 3.89. The van der Waals surface area contributed by atoms with Gasteiger partial charge >= 0.3 is 12.0 Å². The highest BCUT2D eigenvalue weighted by molar-refractivity contribution is 5.82. The molecule has 1 rings (SSSR count). The maximum Gasteiger partial charge on any atom is 0.326 e. The molecule has 0 spiro atoms. The average molecular weight is 256 g/mol. The van der Waals surface area contributed by atoms with Crippen LogP contribution in [0, 0.1) is 11.8 Å². The normalized spacial score (nSPS) is 21.1. The van der Waals surface area contributed by atoms with Gasteiger partial charge < -0.3 is 15.3 Å². The molecule has 0 bridgehead atoms. The van der Waals surface area contributed by atoms with Crippen LogP contribution in [0.4, 0.5) is 4.79 Å². The first-order chi connectivity index (χ1) is 8.45. The van der Waals surface area contributed by atoms with Gasteiger partial charge in [-0.2, -0.15) is 0 Å². The summed E-state index contributed by atoms with van der Waals surface area (Å²) in [6, 6.07) is -1.00. The molecule has 2 amide bonds. The zero-order valence-electron chi connectivity index (χ0n) is 11.5. The predicted octanol–water partition coefficient (Wildman–Crippen LogP) is 1.93. The second kappa shape index (κ2) is 6.61. The van der Waals surface area contributed by atoms with E-state index in [1.807, 2.05) is 6.92 Å². The van der Waals surface area contributed by atoms with Crippen LogP contribution in [0.3, 0.4) is 0 Å². The number of amides is 2. The Labute approximate surface area is 109 Å². The molecule has 0 aromatic heterocycles. The Hall–Kier alpha value is -1.26. The predicted molar refractivity (Wildman–Crippen MR) is 69.4 cm³/mol. The van der Waals surface area contributed by atoms with E-state index in [0.717, 1.165) is 25.9 Å². The number of carbonyl (C=O) groups is 2. The van der Waals surface area contributed by atoms with E-state index in [9.17, 15) is 9.59 Å². The van der Waals surface area contributed by atoms with Crippen molar-refractivity contribution in [3.63, 3.8) is 0 Å². The quantitative estimate of drug-likeness (QED) is 0.789. The van der Waals surface area contributed by atoms with Gasteiger partial charge in [-0.15, -0.1) is 0 Å². The van der Waals surface area contributed by atoms with Gasteiger partial charge in [0.1, 0.15) is 6.04 Å². The zero-order valence-corrected chi connectivity index (χ0v) is 11.5. The van der Waals surface area contributed by atoms with E-state index in [4.69, 9.17) is 5.11 Å². The molecule has 1 saturated heterocycles. The van der Waals surface area contributed by atoms with Gasteiger partial charge in [-0.25, -0.2) is 9.59 Å². The number of rotatable bonds is 5. The van der Waals surface area contributed by atoms with Crippen LogP contribution in [-0.4, -0.2) is 41.1 Å². The molecule has 104 valence electrons. The zero-order chi connectivity index (χ0) is 13.7. The lowest BCUT2D eigenvalue weighted by atomic mass is 9.95. The first-order valence-electron chi connectivity index (χ1n) is 6.74. The molecule has 2 N–H and O–H groups in total. The molecule has 1 unspecified atom stereocenters. The van der Waals surface area contributed by atoms with E-state index in [2.05, 4.69) is 19.2 Å². The summed E-state index contributed by atoms with van der Waals surface area (Å²) in [4.78, 5) is 24.7. The molecule has 0 aromatic rings. The SMILES string of the molecule is CCC[C@H](NC(=O)N1CCC(C(C)C)C1)C(=O)O. The van der Waals surface area contributed by atoms with E-state index >= 15 is 0 Å². The van der Waals surface area contributed by atoms with E-state index in [1.54, 1.807) is 4.90 Å². The van der Waals surface area contributed by atoms with Crippen LogP contribution < -0.4 is 5.32 Å². The Kier molecular flexibility index (Phi) is 5.44. The number of aliphatic carboxylic acids is 1. The number of nitrogens with zero attached hydrogens (tertiary/aromatic N) is 1. The maximum atomic E-state index is 12.0. The number of urea groups is 1. The number of carboxylic acids is 1. The van der Waals surface area contributed by atoms with Crippen molar-refractivity contribution in [2.24, 2.45) is 11.8 Å². The monoisotopic (exact) mass is 256 g/mol. The third-order valence-electron chi connectivity index (χ3n) is 3.63. The van der Waals surface area contributed by atoms with Crippen molar-refractivity contribution < 1.29 is 14.7 Å². The van der Waals surface area contributed by atoms with Crippen LogP contribution >= 0.6 is 0 Å². The van der Waals surface area contributed by atoms with Crippen LogP contribution in [-0.2, 0) is 4.79 Å². The standard InChI is InChI=1S/C13H24N2O3/c1-4-5-11(12(16)17)14-13(18)15-7-6-10(8-15)9(2)3/h9-11H,4-8H2,1-3H3,(H,14,18)(H,16,17)/t10?,11-/m0/s1. The van der Waals surface area contributed by atoms with Gasteiger partial charge in [0.05, 0.1) is 0 Å². The molecule has 1 aliphatic heterocycles. The molecule has 0 aliphatic carbocycles. The molecule has 0 saturated carbocycles. The largest absolute Gasteiger partial charge is 0.480 e. The Bertz CT molecular complexity index is 305. The van der Waals surface area contributed by atoms with Crippen LogP contribution in [0.2, 0.25) is 0 Å². The van der Waals surface area contributed by atoms with E-state index < -0.39 is 12.0 Å². The number of likely N-dealkylation sites (tertiary alicyclic amines) is 1. The minimum absolute atomic E-state index is 0.237. The summed E-state index contributed by atoms with van der Waals surface area (Å²) in [5.74, 6) is 0.142. The molecule has 1 aliphatic rings. The van der Waals surface area contributed by atoms with Gasteiger partial charge in [0.2, 0.25) is 0 Å². The highest BCUT2D eigenvalue weighted by atomic mass is 16.4. The summed E-state index contributed by atoms with van der Waals surface area (Å²) in [5.41, 5.74) is 0. The Balaban J connectivity index is 2.48. The molecule has 5 nitrogen and oxygen atoms in total. The van der Waals surface area contributed by atoms with E-state index in [-0.39, 0.29) is 6.03 Å². The van der Waals surface area contributed by atoms with E-state index in [0.29, 0.717) is 18.3 Å². The molecule has 1 heterocycles. The minimum Gasteiger partial charge on any atom is -0.480 e. The van der Waals surface area contributed by atoms with Gasteiger partial charge in [0, 0.05) is 13.1 Å². The van der Waals surface area contributed by atoms with Crippen LogP contribution in [0.5, 0.6) is 0 Å². The molecular formula is C13H24N2O3. The number of nitrogens with one attached hydrogen (secondary N) is 1. The second-order valence-corrected chi connectivity index (χ2v) is 5.37. The first kappa shape index (κ1) is 14.8. The van der Waals surface area contributed by atoms with Gasteiger partial charge in [0.25, 0.3) is 0 Å². The van der Waals surface area contributed by atoms with Gasteiger partial charge in [-0.05, 0) is 24.7 Å². The van der Waals surface area contributed by atoms with Crippen molar-refractivity contribution in [2.45, 2.75) is 46.1 Å². The molecule has 18 heavy (non-hydrogen) atoms. The van der Waals surface area contributed by atoms with Gasteiger partial charge in [0.15, 0.2) is 0 Å². The second-order valence-electron chi connectivity index (χ2n) is 5.37. The number of hydrogen-bond acceptors (Lipinski definition) is 2. The van der Waals surface area contributed by atoms with Gasteiger partial charge in [-0.3, -0.25) is 0 Å². The summed E-state index contributed by atoms with van der Waals surface area (Å²) in [5, 5.41) is 11.6. The average Bonchev–Trinajstić information content (AvgIpc) is 2.77. The van der Waals surface area contributed by atoms with Gasteiger partial charge in [-0.1, -0.05) is 27.2 Å². The van der Waals surface area contributed by atoms with Crippen molar-refractivity contribution in [3.8, 4) is 0 Å². The van der Waals surface area contributed by atoms with Crippen molar-refractivity contribution >= 4 is 12.0 Å². The lowest BCUT2D eigenvalue weighted by Crippen LogP contribution is -2.47. The number of carbonyl (C=O) groups excluding carboxylic acids is 1. The molecule has 5 heteroatoms. The molecule has 0 radical (unpaired) electrons. The van der Waals surface area contributed by atoms with Crippen molar-refractivity contribution in [1.82, 2.24) is 10.2 Å². The molecular weight excluding hydrogens is 232 g/mol. The highest BCUT2D eigenvalue weighted by Gasteiger charge is 2.30. The van der Waals surface area contributed by atoms with Crippen LogP contribution in [0.25, 0.3) is 0 Å². The Morgan fingerprint density at radius 3 is 2.56 bits per heavy atom. The number of hydrogen-bond donors (Lipinski definition) is 2. The topological polar surface area (TPSA) is 69.6 Å². The number of carboxylic acid groups (broad SMARTS) is 1. The summed E-state index contributed by atoms with van der Waals surface area (Å²) in [6.45, 7) is 7.69. The molecule has 1 fully saturated rings. The van der Waals surface area contributed by atoms with Crippen LogP contribution in [0.15, 0.2) is 0 Å². The smallest absolute Gasteiger partial charge is 0.326 e. The summed E-state index contributed by atoms with van der Waals surface area (Å²) >= 11 is 0. The van der Waals surface area contributed by atoms with Crippen molar-refractivity contribution in [3.05, 3.63) is 0 Å². The minimum atomic E-state index is -0.954. The summed E-state index contributed by atoms with van der Waals surface area (Å²) in [6.07, 6.45) is 2.23.